The summed E-state index contributed by atoms with van der Waals surface area (Å²) in [4.78, 5) is 13.1. The minimum atomic E-state index is -0.613. The molecule has 1 aliphatic carbocycles. The second kappa shape index (κ2) is 3.87. The summed E-state index contributed by atoms with van der Waals surface area (Å²) in [5, 5.41) is 12.1. The van der Waals surface area contributed by atoms with Crippen molar-refractivity contribution in [3.8, 4) is 0 Å². The molecule has 2 N–H and O–H groups in total. The van der Waals surface area contributed by atoms with E-state index in [2.05, 4.69) is 17.1 Å². The minimum Gasteiger partial charge on any atom is -0.481 e. The summed E-state index contributed by atoms with van der Waals surface area (Å²) < 4.78 is 0. The lowest BCUT2D eigenvalue weighted by molar-refractivity contribution is -0.138. The summed E-state index contributed by atoms with van der Waals surface area (Å²) in [7, 11) is 0. The number of hydrogen-bond donors (Lipinski definition) is 2. The monoisotopic (exact) mass is 198 g/mol. The van der Waals surface area contributed by atoms with Gasteiger partial charge in [-0.2, -0.15) is 0 Å². The van der Waals surface area contributed by atoms with E-state index in [4.69, 9.17) is 5.11 Å². The summed E-state index contributed by atoms with van der Waals surface area (Å²) >= 11 is 0. The number of aliphatic carboxylic acids is 1. The number of rotatable bonds is 3. The Hall–Kier alpha value is -0.610. The van der Waals surface area contributed by atoms with E-state index in [1.54, 1.807) is 0 Å². The first-order valence-corrected chi connectivity index (χ1v) is 5.36. The summed E-state index contributed by atoms with van der Waals surface area (Å²) in [6, 6.07) is 0.554. The van der Waals surface area contributed by atoms with Crippen molar-refractivity contribution in [1.82, 2.24) is 10.2 Å². The van der Waals surface area contributed by atoms with Gasteiger partial charge in [0.1, 0.15) is 0 Å². The van der Waals surface area contributed by atoms with Crippen LogP contribution in [0.4, 0.5) is 0 Å². The molecule has 0 bridgehead atoms. The molecule has 0 radical (unpaired) electrons. The van der Waals surface area contributed by atoms with Crippen LogP contribution >= 0.6 is 0 Å². The fourth-order valence-corrected chi connectivity index (χ4v) is 2.21. The van der Waals surface area contributed by atoms with E-state index in [1.807, 2.05) is 0 Å². The van der Waals surface area contributed by atoms with Crippen molar-refractivity contribution >= 4 is 5.97 Å². The second-order valence-corrected chi connectivity index (χ2v) is 4.49. The molecule has 3 unspecified atom stereocenters. The quantitative estimate of drug-likeness (QED) is 0.670. The second-order valence-electron chi connectivity index (χ2n) is 4.49. The molecule has 2 aliphatic rings. The fourth-order valence-electron chi connectivity index (χ4n) is 2.21. The maximum Gasteiger partial charge on any atom is 0.306 e. The van der Waals surface area contributed by atoms with E-state index in [0.29, 0.717) is 12.0 Å². The molecule has 0 spiro atoms. The first kappa shape index (κ1) is 9.93. The van der Waals surface area contributed by atoms with Crippen molar-refractivity contribution in [3.05, 3.63) is 0 Å². The molecule has 80 valence electrons. The van der Waals surface area contributed by atoms with Crippen LogP contribution in [0.15, 0.2) is 0 Å². The Labute approximate surface area is 84.3 Å². The van der Waals surface area contributed by atoms with Gasteiger partial charge in [0, 0.05) is 32.2 Å². The standard InChI is InChI=1S/C10H18N2O2/c1-7-5-11-2-3-12(7)6-8-4-9(8)10(13)14/h7-9,11H,2-6H2,1H3,(H,13,14). The van der Waals surface area contributed by atoms with Gasteiger partial charge in [0.15, 0.2) is 0 Å². The molecule has 1 saturated carbocycles. The maximum absolute atomic E-state index is 10.7. The SMILES string of the molecule is CC1CNCCN1CC1CC1C(=O)O. The minimum absolute atomic E-state index is 0.0583. The molecule has 4 heteroatoms. The first-order chi connectivity index (χ1) is 6.68. The Morgan fingerprint density at radius 3 is 3.00 bits per heavy atom. The zero-order chi connectivity index (χ0) is 10.1. The van der Waals surface area contributed by atoms with Crippen molar-refractivity contribution in [1.29, 1.82) is 0 Å². The lowest BCUT2D eigenvalue weighted by Crippen LogP contribution is -2.50. The van der Waals surface area contributed by atoms with Gasteiger partial charge in [0.05, 0.1) is 5.92 Å². The molecule has 0 aromatic heterocycles. The highest BCUT2D eigenvalue weighted by Crippen LogP contribution is 2.39. The Bertz CT molecular complexity index is 232. The Morgan fingerprint density at radius 1 is 1.64 bits per heavy atom. The molecular formula is C10H18N2O2. The number of nitrogens with one attached hydrogen (secondary N) is 1. The summed E-state index contributed by atoms with van der Waals surface area (Å²) in [5.74, 6) is -0.261. The molecule has 14 heavy (non-hydrogen) atoms. The van der Waals surface area contributed by atoms with Crippen LogP contribution < -0.4 is 5.32 Å². The van der Waals surface area contributed by atoms with Gasteiger partial charge in [-0.05, 0) is 19.3 Å². The Balaban J connectivity index is 1.78. The first-order valence-electron chi connectivity index (χ1n) is 5.36. The fraction of sp³-hybridized carbons (Fsp3) is 0.900. The number of piperazine rings is 1. The van der Waals surface area contributed by atoms with Crippen molar-refractivity contribution < 1.29 is 9.90 Å². The molecule has 2 rings (SSSR count). The van der Waals surface area contributed by atoms with Gasteiger partial charge in [0.2, 0.25) is 0 Å². The number of carboxylic acid groups (broad SMARTS) is 1. The van der Waals surface area contributed by atoms with Gasteiger partial charge >= 0.3 is 5.97 Å². The highest BCUT2D eigenvalue weighted by Gasteiger charge is 2.44. The summed E-state index contributed by atoms with van der Waals surface area (Å²) in [6.45, 7) is 6.30. The summed E-state index contributed by atoms with van der Waals surface area (Å²) in [6.07, 6.45) is 0.881. The number of carboxylic acids is 1. The molecule has 4 nitrogen and oxygen atoms in total. The molecule has 2 fully saturated rings. The predicted molar refractivity (Wildman–Crippen MR) is 53.1 cm³/mol. The average Bonchev–Trinajstić information content (AvgIpc) is 2.88. The van der Waals surface area contributed by atoms with Crippen molar-refractivity contribution in [2.24, 2.45) is 11.8 Å². The molecule has 0 amide bonds. The molecular weight excluding hydrogens is 180 g/mol. The van der Waals surface area contributed by atoms with Crippen LogP contribution in [0.25, 0.3) is 0 Å². The van der Waals surface area contributed by atoms with Crippen LogP contribution in [0.5, 0.6) is 0 Å². The largest absolute Gasteiger partial charge is 0.481 e. The third-order valence-corrected chi connectivity index (χ3v) is 3.35. The number of nitrogens with zero attached hydrogens (tertiary/aromatic N) is 1. The Morgan fingerprint density at radius 2 is 2.43 bits per heavy atom. The molecule has 1 aliphatic heterocycles. The highest BCUT2D eigenvalue weighted by atomic mass is 16.4. The lowest BCUT2D eigenvalue weighted by Gasteiger charge is -2.33. The molecule has 1 heterocycles. The third-order valence-electron chi connectivity index (χ3n) is 3.35. The van der Waals surface area contributed by atoms with Crippen molar-refractivity contribution in [2.75, 3.05) is 26.2 Å². The van der Waals surface area contributed by atoms with Gasteiger partial charge in [0.25, 0.3) is 0 Å². The lowest BCUT2D eigenvalue weighted by atomic mass is 10.2. The van der Waals surface area contributed by atoms with Crippen molar-refractivity contribution in [3.63, 3.8) is 0 Å². The van der Waals surface area contributed by atoms with Crippen LogP contribution in [0.2, 0.25) is 0 Å². The van der Waals surface area contributed by atoms with Gasteiger partial charge in [-0.3, -0.25) is 9.69 Å². The molecule has 1 saturated heterocycles. The zero-order valence-electron chi connectivity index (χ0n) is 8.57. The van der Waals surface area contributed by atoms with Crippen LogP contribution in [-0.2, 0) is 4.79 Å². The van der Waals surface area contributed by atoms with Gasteiger partial charge < -0.3 is 10.4 Å². The number of carbonyl (C=O) groups is 1. The molecule has 3 atom stereocenters. The average molecular weight is 198 g/mol. The maximum atomic E-state index is 10.7. The Kier molecular flexibility index (Phi) is 2.74. The van der Waals surface area contributed by atoms with E-state index >= 15 is 0 Å². The van der Waals surface area contributed by atoms with Gasteiger partial charge in [-0.1, -0.05) is 0 Å². The van der Waals surface area contributed by atoms with Gasteiger partial charge in [-0.15, -0.1) is 0 Å². The number of hydrogen-bond acceptors (Lipinski definition) is 3. The zero-order valence-corrected chi connectivity index (χ0v) is 8.57. The highest BCUT2D eigenvalue weighted by molar-refractivity contribution is 5.73. The van der Waals surface area contributed by atoms with Crippen molar-refractivity contribution in [2.45, 2.75) is 19.4 Å². The molecule has 0 aromatic carbocycles. The van der Waals surface area contributed by atoms with Crippen LogP contribution in [0.3, 0.4) is 0 Å². The van der Waals surface area contributed by atoms with Crippen LogP contribution in [0, 0.1) is 11.8 Å². The smallest absolute Gasteiger partial charge is 0.306 e. The van der Waals surface area contributed by atoms with E-state index in [9.17, 15) is 4.79 Å². The summed E-state index contributed by atoms with van der Waals surface area (Å²) in [5.41, 5.74) is 0. The van der Waals surface area contributed by atoms with Gasteiger partial charge in [-0.25, -0.2) is 0 Å². The molecule has 0 aromatic rings. The topological polar surface area (TPSA) is 52.6 Å². The van der Waals surface area contributed by atoms with E-state index in [0.717, 1.165) is 32.6 Å². The van der Waals surface area contributed by atoms with Crippen LogP contribution in [-0.4, -0.2) is 48.2 Å². The third kappa shape index (κ3) is 2.07. The van der Waals surface area contributed by atoms with E-state index < -0.39 is 5.97 Å². The predicted octanol–water partition coefficient (Wildman–Crippen LogP) is 0.000800. The van der Waals surface area contributed by atoms with E-state index in [1.165, 1.54) is 0 Å². The van der Waals surface area contributed by atoms with Crippen LogP contribution in [0.1, 0.15) is 13.3 Å². The van der Waals surface area contributed by atoms with E-state index in [-0.39, 0.29) is 5.92 Å². The normalized spacial score (nSPS) is 38.2.